The van der Waals surface area contributed by atoms with Crippen molar-refractivity contribution in [3.63, 3.8) is 0 Å². The number of nitrogens with zero attached hydrogens (tertiary/aromatic N) is 3. The fraction of sp³-hybridized carbons (Fsp3) is 0.154. The molecule has 0 bridgehead atoms. The van der Waals surface area contributed by atoms with Crippen molar-refractivity contribution in [2.75, 3.05) is 18.5 Å². The van der Waals surface area contributed by atoms with E-state index in [4.69, 9.17) is 5.11 Å². The highest BCUT2D eigenvalue weighted by Gasteiger charge is 2.07. The van der Waals surface area contributed by atoms with Gasteiger partial charge in [0.2, 0.25) is 0 Å². The number of aliphatic hydroxyl groups is 1. The maximum absolute atomic E-state index is 8.73. The van der Waals surface area contributed by atoms with Crippen LogP contribution >= 0.6 is 0 Å². The highest BCUT2D eigenvalue weighted by Crippen LogP contribution is 2.25. The minimum Gasteiger partial charge on any atom is -0.395 e. The van der Waals surface area contributed by atoms with Crippen LogP contribution in [0.2, 0.25) is 0 Å². The van der Waals surface area contributed by atoms with Gasteiger partial charge in [0.05, 0.1) is 12.3 Å². The molecular formula is C13H13N5O. The third kappa shape index (κ3) is 2.25. The monoisotopic (exact) mass is 255 g/mol. The molecule has 0 atom stereocenters. The third-order valence-corrected chi connectivity index (χ3v) is 2.82. The third-order valence-electron chi connectivity index (χ3n) is 2.82. The van der Waals surface area contributed by atoms with Gasteiger partial charge in [-0.2, -0.15) is 0 Å². The van der Waals surface area contributed by atoms with Crippen molar-refractivity contribution in [1.29, 1.82) is 0 Å². The minimum atomic E-state index is 0.0672. The Morgan fingerprint density at radius 2 is 2.11 bits per heavy atom. The molecule has 19 heavy (non-hydrogen) atoms. The van der Waals surface area contributed by atoms with Gasteiger partial charge in [-0.25, -0.2) is 4.98 Å². The fourth-order valence-electron chi connectivity index (χ4n) is 1.94. The lowest BCUT2D eigenvalue weighted by molar-refractivity contribution is 0.311. The lowest BCUT2D eigenvalue weighted by Crippen LogP contribution is -2.07. The number of aliphatic hydroxyl groups excluding tert-OH is 1. The second-order valence-corrected chi connectivity index (χ2v) is 4.05. The summed E-state index contributed by atoms with van der Waals surface area (Å²) in [6.45, 7) is 0.531. The van der Waals surface area contributed by atoms with E-state index in [0.717, 1.165) is 22.3 Å². The molecule has 0 spiro atoms. The average Bonchev–Trinajstić information content (AvgIpc) is 2.94. The largest absolute Gasteiger partial charge is 0.395 e. The van der Waals surface area contributed by atoms with Crippen molar-refractivity contribution in [3.8, 4) is 11.3 Å². The normalized spacial score (nSPS) is 10.8. The van der Waals surface area contributed by atoms with Crippen LogP contribution in [0.25, 0.3) is 22.3 Å². The van der Waals surface area contributed by atoms with Crippen molar-refractivity contribution in [1.82, 2.24) is 20.2 Å². The summed E-state index contributed by atoms with van der Waals surface area (Å²) in [6, 6.07) is 7.63. The van der Waals surface area contributed by atoms with Crippen molar-refractivity contribution in [3.05, 3.63) is 36.7 Å². The predicted molar refractivity (Wildman–Crippen MR) is 72.7 cm³/mol. The molecule has 96 valence electrons. The molecule has 3 rings (SSSR count). The zero-order valence-corrected chi connectivity index (χ0v) is 10.2. The Morgan fingerprint density at radius 3 is 2.89 bits per heavy atom. The van der Waals surface area contributed by atoms with E-state index in [1.807, 2.05) is 30.5 Å². The quantitative estimate of drug-likeness (QED) is 0.656. The molecular weight excluding hydrogens is 242 g/mol. The molecule has 0 aliphatic carbocycles. The van der Waals surface area contributed by atoms with E-state index in [9.17, 15) is 0 Å². The number of aromatic nitrogens is 4. The lowest BCUT2D eigenvalue weighted by atomic mass is 10.1. The first-order valence-corrected chi connectivity index (χ1v) is 5.99. The van der Waals surface area contributed by atoms with E-state index in [1.165, 1.54) is 0 Å². The number of aromatic amines is 1. The Balaban J connectivity index is 1.95. The predicted octanol–water partition coefficient (Wildman–Crippen LogP) is 1.42. The molecule has 6 nitrogen and oxygen atoms in total. The number of fused-ring (bicyclic) bond motifs is 1. The maximum Gasteiger partial charge on any atom is 0.148 e. The number of anilines is 1. The zero-order valence-electron chi connectivity index (χ0n) is 10.2. The number of hydrogen-bond acceptors (Lipinski definition) is 5. The highest BCUT2D eigenvalue weighted by molar-refractivity contribution is 5.91. The maximum atomic E-state index is 8.73. The second kappa shape index (κ2) is 5.03. The summed E-state index contributed by atoms with van der Waals surface area (Å²) < 4.78 is 0. The summed E-state index contributed by atoms with van der Waals surface area (Å²) >= 11 is 0. The molecule has 0 aliphatic heterocycles. The molecule has 3 N–H and O–H groups in total. The molecule has 6 heteroatoms. The molecule has 0 aromatic carbocycles. The van der Waals surface area contributed by atoms with Gasteiger partial charge in [-0.3, -0.25) is 0 Å². The molecule has 3 heterocycles. The van der Waals surface area contributed by atoms with Crippen LogP contribution in [0.3, 0.4) is 0 Å². The summed E-state index contributed by atoms with van der Waals surface area (Å²) in [5.41, 5.74) is 2.62. The van der Waals surface area contributed by atoms with Crippen LogP contribution in [-0.2, 0) is 0 Å². The first-order valence-electron chi connectivity index (χ1n) is 5.99. The Hall–Kier alpha value is -2.47. The molecule has 0 saturated heterocycles. The molecule has 3 aromatic rings. The van der Waals surface area contributed by atoms with Gasteiger partial charge in [0, 0.05) is 29.9 Å². The first kappa shape index (κ1) is 11.6. The van der Waals surface area contributed by atoms with Crippen LogP contribution < -0.4 is 5.32 Å². The summed E-state index contributed by atoms with van der Waals surface area (Å²) in [7, 11) is 0. The van der Waals surface area contributed by atoms with Crippen LogP contribution in [0.1, 0.15) is 0 Å². The average molecular weight is 255 g/mol. The van der Waals surface area contributed by atoms with Gasteiger partial charge in [0.25, 0.3) is 0 Å². The van der Waals surface area contributed by atoms with Crippen molar-refractivity contribution in [2.45, 2.75) is 0 Å². The number of pyridine rings is 1. The molecule has 0 amide bonds. The van der Waals surface area contributed by atoms with E-state index in [2.05, 4.69) is 25.5 Å². The van der Waals surface area contributed by atoms with Gasteiger partial charge in [-0.15, -0.1) is 10.2 Å². The van der Waals surface area contributed by atoms with Gasteiger partial charge in [0.1, 0.15) is 11.5 Å². The SMILES string of the molecule is OCCNc1ccc(-c2ccnc3[nH]ccc23)nn1. The lowest BCUT2D eigenvalue weighted by Gasteiger charge is -2.04. The molecule has 3 aromatic heterocycles. The summed E-state index contributed by atoms with van der Waals surface area (Å²) in [6.07, 6.45) is 3.60. The molecule has 0 saturated carbocycles. The summed E-state index contributed by atoms with van der Waals surface area (Å²) in [5, 5.41) is 21.0. The number of rotatable bonds is 4. The van der Waals surface area contributed by atoms with Gasteiger partial charge < -0.3 is 15.4 Å². The summed E-state index contributed by atoms with van der Waals surface area (Å²) in [4.78, 5) is 7.31. The van der Waals surface area contributed by atoms with Crippen LogP contribution in [0.5, 0.6) is 0 Å². The van der Waals surface area contributed by atoms with Crippen molar-refractivity contribution in [2.24, 2.45) is 0 Å². The van der Waals surface area contributed by atoms with E-state index < -0.39 is 0 Å². The number of hydrogen-bond donors (Lipinski definition) is 3. The Labute approximate surface area is 109 Å². The highest BCUT2D eigenvalue weighted by atomic mass is 16.3. The Kier molecular flexibility index (Phi) is 3.07. The van der Waals surface area contributed by atoms with Gasteiger partial charge >= 0.3 is 0 Å². The van der Waals surface area contributed by atoms with E-state index in [-0.39, 0.29) is 6.61 Å². The van der Waals surface area contributed by atoms with E-state index >= 15 is 0 Å². The molecule has 0 radical (unpaired) electrons. The topological polar surface area (TPSA) is 86.7 Å². The van der Waals surface area contributed by atoms with Crippen molar-refractivity contribution >= 4 is 16.9 Å². The van der Waals surface area contributed by atoms with Gasteiger partial charge in [-0.1, -0.05) is 0 Å². The fourth-order valence-corrected chi connectivity index (χ4v) is 1.94. The second-order valence-electron chi connectivity index (χ2n) is 4.05. The van der Waals surface area contributed by atoms with Crippen LogP contribution in [0.15, 0.2) is 36.7 Å². The molecule has 0 unspecified atom stereocenters. The molecule has 0 aliphatic rings. The smallest absolute Gasteiger partial charge is 0.148 e. The Morgan fingerprint density at radius 1 is 1.16 bits per heavy atom. The van der Waals surface area contributed by atoms with Crippen LogP contribution in [-0.4, -0.2) is 38.4 Å². The van der Waals surface area contributed by atoms with Gasteiger partial charge in [-0.05, 0) is 24.3 Å². The first-order chi connectivity index (χ1) is 9.38. The van der Waals surface area contributed by atoms with Crippen LogP contribution in [0.4, 0.5) is 5.82 Å². The number of H-pyrrole nitrogens is 1. The standard InChI is InChI=1S/C13H13N5O/c19-8-7-14-12-2-1-11(17-18-12)9-3-5-15-13-10(9)4-6-16-13/h1-6,19H,7-8H2,(H,14,18)(H,15,16). The minimum absolute atomic E-state index is 0.0672. The van der Waals surface area contributed by atoms with E-state index in [1.54, 1.807) is 6.20 Å². The van der Waals surface area contributed by atoms with Crippen molar-refractivity contribution < 1.29 is 5.11 Å². The zero-order chi connectivity index (χ0) is 13.1. The summed E-state index contributed by atoms with van der Waals surface area (Å²) in [5.74, 6) is 0.650. The van der Waals surface area contributed by atoms with Crippen LogP contribution in [0, 0.1) is 0 Å². The van der Waals surface area contributed by atoms with Gasteiger partial charge in [0.15, 0.2) is 0 Å². The molecule has 0 fully saturated rings. The Bertz CT molecular complexity index is 677. The number of nitrogens with one attached hydrogen (secondary N) is 2. The van der Waals surface area contributed by atoms with E-state index in [0.29, 0.717) is 12.4 Å².